The van der Waals surface area contributed by atoms with Crippen molar-refractivity contribution in [2.75, 3.05) is 9.80 Å². The third-order valence-electron chi connectivity index (χ3n) is 27.6. The summed E-state index contributed by atoms with van der Waals surface area (Å²) in [5, 5.41) is 2.52. The van der Waals surface area contributed by atoms with Crippen molar-refractivity contribution < 1.29 is 0 Å². The minimum absolute atomic E-state index is 0.103. The van der Waals surface area contributed by atoms with E-state index in [9.17, 15) is 0 Å². The quantitative estimate of drug-likeness (QED) is 0.127. The van der Waals surface area contributed by atoms with Gasteiger partial charge in [0.05, 0.1) is 38.9 Å². The number of fused-ring (bicyclic) bond motifs is 12. The van der Waals surface area contributed by atoms with Gasteiger partial charge in [-0.15, -0.1) is 0 Å². The van der Waals surface area contributed by atoms with Crippen LogP contribution in [0.4, 0.5) is 34.1 Å². The van der Waals surface area contributed by atoms with Crippen LogP contribution in [-0.2, 0) is 37.9 Å². The minimum Gasteiger partial charge on any atom is -0.310 e. The smallest absolute Gasteiger partial charge is 0.249 e. The molecule has 0 saturated heterocycles. The van der Waals surface area contributed by atoms with Crippen LogP contribution in [0, 0.1) is 0 Å². The Balaban J connectivity index is 0.928. The molecule has 1 aliphatic carbocycles. The monoisotopic (exact) mass is 1620 g/mol. The highest BCUT2D eigenvalue weighted by Gasteiger charge is 2.51. The normalized spacial score (nSPS) is 14.6. The van der Waals surface area contributed by atoms with E-state index < -0.39 is 10.8 Å². The maximum atomic E-state index is 2.83. The van der Waals surface area contributed by atoms with Gasteiger partial charge in [0.2, 0.25) is 6.71 Å². The number of para-hydroxylation sites is 3. The molecule has 0 bridgehead atoms. The van der Waals surface area contributed by atoms with Crippen molar-refractivity contribution in [2.45, 2.75) is 157 Å². The molecule has 606 valence electrons. The molecule has 3 aliphatic heterocycles. The number of rotatable bonds is 10. The molecule has 0 fully saturated rings. The minimum atomic E-state index is -0.680. The fourth-order valence-electron chi connectivity index (χ4n) is 21.5. The third kappa shape index (κ3) is 12.4. The molecule has 4 heterocycles. The van der Waals surface area contributed by atoms with E-state index in [1.165, 1.54) is 171 Å². The molecule has 0 saturated carbocycles. The lowest BCUT2D eigenvalue weighted by atomic mass is 9.34. The van der Waals surface area contributed by atoms with E-state index in [2.05, 4.69) is 482 Å². The lowest BCUT2D eigenvalue weighted by Gasteiger charge is -2.47. The second-order valence-corrected chi connectivity index (χ2v) is 41.4. The Kier molecular flexibility index (Phi) is 18.4. The fourth-order valence-corrected chi connectivity index (χ4v) is 22.8. The van der Waals surface area contributed by atoms with Gasteiger partial charge in [-0.3, -0.25) is 0 Å². The Morgan fingerprint density at radius 2 is 0.726 bits per heavy atom. The second kappa shape index (κ2) is 29.0. The van der Waals surface area contributed by atoms with E-state index in [1.807, 2.05) is 11.8 Å². The second-order valence-electron chi connectivity index (χ2n) is 40.3. The van der Waals surface area contributed by atoms with Gasteiger partial charge in [-0.2, -0.15) is 0 Å². The number of benzene rings is 16. The van der Waals surface area contributed by atoms with Crippen LogP contribution in [0.15, 0.2) is 374 Å². The molecule has 124 heavy (non-hydrogen) atoms. The lowest BCUT2D eigenvalue weighted by Crippen LogP contribution is -2.60. The third-order valence-corrected chi connectivity index (χ3v) is 28.8. The van der Waals surface area contributed by atoms with Crippen LogP contribution in [0.5, 0.6) is 0 Å². The van der Waals surface area contributed by atoms with Crippen LogP contribution >= 0.6 is 11.8 Å². The van der Waals surface area contributed by atoms with Gasteiger partial charge < -0.3 is 14.4 Å². The van der Waals surface area contributed by atoms with Gasteiger partial charge in [0.15, 0.2) is 0 Å². The standard InChI is InChI=1S/C119H106BN3S/c1-113(2,3)83-50-38-40-76(66-83)93-73-87(117(13,14)15)74-94(77-41-39-51-84(67-77)114(4,5)6)111(93)123-105-75-88(121-102-60-36-33-57-97(102)119(81-46-24-18-25-47-81,82-48-26-19-27-49-82)98-58-34-37-61-103(98)121)62-63-99(105)120-100-64-65-104-109(92-54-30-35-59-101(92)122(104)89-71-85(115(7,8)9)70-86(72-89)116(10,11)12)112(100)124-107-69-78(68-106(123)110(107)120)108-90-52-28-31-55-95(90)118(79-42-20-16-21-43-79,80-44-22-17-23-45-80)96-56-32-29-53-91(96)108/h16-75,108H,1-15H3. The predicted molar refractivity (Wildman–Crippen MR) is 527 cm³/mol. The first kappa shape index (κ1) is 78.6. The van der Waals surface area contributed by atoms with Gasteiger partial charge >= 0.3 is 0 Å². The van der Waals surface area contributed by atoms with Crippen LogP contribution in [0.1, 0.15) is 199 Å². The molecule has 16 aromatic carbocycles. The fraction of sp³-hybridized carbons (Fsp3) is 0.193. The van der Waals surface area contributed by atoms with E-state index >= 15 is 0 Å². The van der Waals surface area contributed by atoms with Gasteiger partial charge in [-0.1, -0.05) is 412 Å². The van der Waals surface area contributed by atoms with Gasteiger partial charge in [0.25, 0.3) is 0 Å². The molecule has 0 unspecified atom stereocenters. The molecule has 0 amide bonds. The van der Waals surface area contributed by atoms with Gasteiger partial charge in [0, 0.05) is 60.4 Å². The molecule has 0 atom stereocenters. The summed E-state index contributed by atoms with van der Waals surface area (Å²) in [5.74, 6) is -0.223. The Bertz CT molecular complexity index is 6830. The molecule has 1 aromatic heterocycles. The Morgan fingerprint density at radius 3 is 1.22 bits per heavy atom. The highest BCUT2D eigenvalue weighted by Crippen LogP contribution is 2.62. The van der Waals surface area contributed by atoms with Crippen molar-refractivity contribution in [2.24, 2.45) is 0 Å². The van der Waals surface area contributed by atoms with E-state index in [1.54, 1.807) is 0 Å². The Morgan fingerprint density at radius 1 is 0.298 bits per heavy atom. The molecule has 5 heteroatoms. The molecular weight excluding hydrogens is 1510 g/mol. The molecule has 4 aliphatic rings. The van der Waals surface area contributed by atoms with Crippen molar-refractivity contribution >= 4 is 90.8 Å². The summed E-state index contributed by atoms with van der Waals surface area (Å²) >= 11 is 2.00. The number of aromatic nitrogens is 1. The molecule has 21 rings (SSSR count). The van der Waals surface area contributed by atoms with Crippen LogP contribution in [0.25, 0.3) is 49.7 Å². The number of anilines is 6. The van der Waals surface area contributed by atoms with Crippen molar-refractivity contribution in [3.8, 4) is 27.9 Å². The zero-order valence-corrected chi connectivity index (χ0v) is 74.9. The zero-order valence-electron chi connectivity index (χ0n) is 74.0. The highest BCUT2D eigenvalue weighted by atomic mass is 32.2. The van der Waals surface area contributed by atoms with Crippen molar-refractivity contribution in [3.05, 3.63) is 453 Å². The Labute approximate surface area is 738 Å². The number of hydrogen-bond acceptors (Lipinski definition) is 3. The summed E-state index contributed by atoms with van der Waals surface area (Å²) in [5.41, 5.74) is 37.1. The van der Waals surface area contributed by atoms with Crippen LogP contribution in [0.2, 0.25) is 0 Å². The SMILES string of the molecule is CC(C)(C)c1cccc(-c2cc(C(C)(C)C)cc(-c3cccc(C(C)(C)C)c3)c2N2c3cc(N4c5ccccc5C(c5ccccc5)(c5ccccc5)c5ccccc54)ccc3B3c4ccc5c(c4Sc4cc(C6c7ccccc7C(c7ccccc7)(c7ccccc7)c7ccccc76)cc2c43)c2ccccc2n5-c2cc(C(C)(C)C)cc(C(C)(C)C)c2)c1. The summed E-state index contributed by atoms with van der Waals surface area (Å²) in [6.07, 6.45) is 0. The van der Waals surface area contributed by atoms with Crippen molar-refractivity contribution in [1.82, 2.24) is 4.57 Å². The van der Waals surface area contributed by atoms with E-state index in [-0.39, 0.29) is 39.7 Å². The summed E-state index contributed by atoms with van der Waals surface area (Å²) in [6, 6.07) is 142. The number of hydrogen-bond donors (Lipinski definition) is 0. The summed E-state index contributed by atoms with van der Waals surface area (Å²) < 4.78 is 2.60. The molecule has 3 nitrogen and oxygen atoms in total. The van der Waals surface area contributed by atoms with Crippen LogP contribution in [0.3, 0.4) is 0 Å². The maximum absolute atomic E-state index is 2.83. The van der Waals surface area contributed by atoms with Gasteiger partial charge in [0.1, 0.15) is 0 Å². The first-order chi connectivity index (χ1) is 59.7. The average molecular weight is 1620 g/mol. The lowest BCUT2D eigenvalue weighted by molar-refractivity contribution is 0.568. The summed E-state index contributed by atoms with van der Waals surface area (Å²) in [4.78, 5) is 7.99. The number of nitrogens with zero attached hydrogens (tertiary/aromatic N) is 3. The van der Waals surface area contributed by atoms with Crippen molar-refractivity contribution in [1.29, 1.82) is 0 Å². The molecule has 0 spiro atoms. The Hall–Kier alpha value is -12.7. The summed E-state index contributed by atoms with van der Waals surface area (Å²) in [6.45, 7) is 35.3. The van der Waals surface area contributed by atoms with E-state index in [4.69, 9.17) is 0 Å². The topological polar surface area (TPSA) is 11.4 Å². The van der Waals surface area contributed by atoms with Gasteiger partial charge in [-0.05, 0) is 211 Å². The van der Waals surface area contributed by atoms with Crippen molar-refractivity contribution in [3.63, 3.8) is 0 Å². The first-order valence-corrected chi connectivity index (χ1v) is 45.3. The summed E-state index contributed by atoms with van der Waals surface area (Å²) in [7, 11) is 0. The molecule has 0 N–H and O–H groups in total. The molecular formula is C119H106BN3S. The first-order valence-electron chi connectivity index (χ1n) is 44.5. The van der Waals surface area contributed by atoms with E-state index in [0.717, 1.165) is 28.4 Å². The van der Waals surface area contributed by atoms with Crippen LogP contribution < -0.4 is 26.2 Å². The molecule has 0 radical (unpaired) electrons. The zero-order chi connectivity index (χ0) is 85.3. The van der Waals surface area contributed by atoms with Crippen LogP contribution in [-0.4, -0.2) is 11.3 Å². The van der Waals surface area contributed by atoms with Gasteiger partial charge in [-0.25, -0.2) is 0 Å². The molecule has 17 aromatic rings. The predicted octanol–water partition coefficient (Wildman–Crippen LogP) is 29.4. The maximum Gasteiger partial charge on any atom is 0.249 e. The average Bonchev–Trinajstić information content (AvgIpc) is 0.965. The van der Waals surface area contributed by atoms with E-state index in [0.29, 0.717) is 0 Å². The highest BCUT2D eigenvalue weighted by molar-refractivity contribution is 8.00. The largest absolute Gasteiger partial charge is 0.310 e.